The topological polar surface area (TPSA) is 71.1 Å². The molecule has 2 rings (SSSR count). The van der Waals surface area contributed by atoms with Gasteiger partial charge in [0, 0.05) is 5.56 Å². The molecule has 206 valence electrons. The quantitative estimate of drug-likeness (QED) is 0.105. The molecule has 0 radical (unpaired) electrons. The molecule has 6 heteroatoms. The van der Waals surface area contributed by atoms with Crippen molar-refractivity contribution in [3.05, 3.63) is 71.8 Å². The van der Waals surface area contributed by atoms with Gasteiger partial charge in [-0.25, -0.2) is 0 Å². The zero-order valence-corrected chi connectivity index (χ0v) is 24.3. The van der Waals surface area contributed by atoms with Crippen molar-refractivity contribution in [3.63, 3.8) is 0 Å². The zero-order valence-electron chi connectivity index (χ0n) is 24.3. The van der Waals surface area contributed by atoms with Crippen LogP contribution >= 0.6 is 0 Å². The van der Waals surface area contributed by atoms with Crippen LogP contribution in [0.4, 0.5) is 0 Å². The predicted molar refractivity (Wildman–Crippen MR) is 152 cm³/mol. The number of rotatable bonds is 10. The number of carbonyl (C=O) groups is 2. The lowest BCUT2D eigenvalue weighted by Gasteiger charge is -2.28. The second-order valence-electron chi connectivity index (χ2n) is 12.1. The second kappa shape index (κ2) is 12.3. The van der Waals surface area contributed by atoms with Gasteiger partial charge in [-0.15, -0.1) is 6.58 Å². The molecule has 0 atom stereocenters. The number of hydrogen-bond donors (Lipinski definition) is 0. The number of benzene rings is 2. The van der Waals surface area contributed by atoms with Gasteiger partial charge in [0.2, 0.25) is 6.79 Å². The first kappa shape index (κ1) is 30.7. The Morgan fingerprint density at radius 1 is 0.842 bits per heavy atom. The Balaban J connectivity index is 2.31. The summed E-state index contributed by atoms with van der Waals surface area (Å²) in [4.78, 5) is 24.9. The Kier molecular flexibility index (Phi) is 9.96. The van der Waals surface area contributed by atoms with Crippen LogP contribution in [-0.4, -0.2) is 29.7 Å². The Hall–Kier alpha value is -3.54. The van der Waals surface area contributed by atoms with Crippen LogP contribution in [0.3, 0.4) is 0 Å². The Bertz CT molecular complexity index is 1150. The monoisotopic (exact) mass is 522 g/mol. The Morgan fingerprint density at radius 3 is 1.97 bits per heavy atom. The normalized spacial score (nSPS) is 12.2. The molecule has 0 saturated heterocycles. The summed E-state index contributed by atoms with van der Waals surface area (Å²) in [6, 6.07) is 10.5. The molecule has 0 heterocycles. The zero-order chi connectivity index (χ0) is 28.7. The van der Waals surface area contributed by atoms with E-state index in [2.05, 4.69) is 6.58 Å². The van der Waals surface area contributed by atoms with Gasteiger partial charge in [-0.05, 0) is 117 Å². The molecule has 0 aliphatic rings. The van der Waals surface area contributed by atoms with E-state index in [1.807, 2.05) is 59.8 Å². The SMILES string of the molecule is C=CCc1ccc(OC(C)(C)C)c(/C=C/C(=O)c2ccc(OCOC(=O)C(C)(C)C)cc2)c1OC(C)(C)C. The summed E-state index contributed by atoms with van der Waals surface area (Å²) in [5.41, 5.74) is 0.633. The highest BCUT2D eigenvalue weighted by Crippen LogP contribution is 2.38. The fourth-order valence-electron chi connectivity index (χ4n) is 3.28. The van der Waals surface area contributed by atoms with Gasteiger partial charge in [-0.2, -0.15) is 0 Å². The van der Waals surface area contributed by atoms with E-state index in [0.717, 1.165) is 5.56 Å². The summed E-state index contributed by atoms with van der Waals surface area (Å²) in [6.45, 7) is 20.9. The van der Waals surface area contributed by atoms with Crippen molar-refractivity contribution >= 4 is 17.8 Å². The van der Waals surface area contributed by atoms with Crippen molar-refractivity contribution < 1.29 is 28.5 Å². The van der Waals surface area contributed by atoms with Crippen LogP contribution in [0.5, 0.6) is 17.2 Å². The predicted octanol–water partition coefficient (Wildman–Crippen LogP) is 7.59. The first-order valence-electron chi connectivity index (χ1n) is 12.8. The van der Waals surface area contributed by atoms with Gasteiger partial charge in [0.1, 0.15) is 28.5 Å². The van der Waals surface area contributed by atoms with Crippen LogP contribution in [0.1, 0.15) is 83.8 Å². The molecule has 0 bridgehead atoms. The first-order chi connectivity index (χ1) is 17.5. The fourth-order valence-corrected chi connectivity index (χ4v) is 3.28. The van der Waals surface area contributed by atoms with Crippen molar-refractivity contribution in [2.24, 2.45) is 5.41 Å². The fraction of sp³-hybridized carbons (Fsp3) is 0.438. The van der Waals surface area contributed by atoms with Crippen molar-refractivity contribution in [3.8, 4) is 17.2 Å². The molecule has 0 aliphatic heterocycles. The van der Waals surface area contributed by atoms with Crippen LogP contribution < -0.4 is 14.2 Å². The van der Waals surface area contributed by atoms with E-state index in [9.17, 15) is 9.59 Å². The van der Waals surface area contributed by atoms with Gasteiger partial charge in [0.05, 0.1) is 11.0 Å². The lowest BCUT2D eigenvalue weighted by Crippen LogP contribution is -2.26. The lowest BCUT2D eigenvalue weighted by atomic mass is 9.98. The molecular weight excluding hydrogens is 480 g/mol. The molecular formula is C32H42O6. The molecule has 0 N–H and O–H groups in total. The maximum Gasteiger partial charge on any atom is 0.314 e. The molecule has 0 spiro atoms. The number of allylic oxidation sites excluding steroid dienone is 2. The molecule has 38 heavy (non-hydrogen) atoms. The Labute approximate surface area is 227 Å². The number of carbonyl (C=O) groups excluding carboxylic acids is 2. The molecule has 6 nitrogen and oxygen atoms in total. The summed E-state index contributed by atoms with van der Waals surface area (Å²) in [7, 11) is 0. The van der Waals surface area contributed by atoms with E-state index in [1.54, 1.807) is 51.1 Å². The smallest absolute Gasteiger partial charge is 0.314 e. The molecule has 2 aromatic carbocycles. The molecule has 0 saturated carbocycles. The third-order valence-corrected chi connectivity index (χ3v) is 4.99. The summed E-state index contributed by atoms with van der Waals surface area (Å²) < 4.78 is 23.2. The average Bonchev–Trinajstić information content (AvgIpc) is 2.78. The van der Waals surface area contributed by atoms with Crippen LogP contribution in [0.15, 0.2) is 55.1 Å². The largest absolute Gasteiger partial charge is 0.487 e. The highest BCUT2D eigenvalue weighted by Gasteiger charge is 2.24. The van der Waals surface area contributed by atoms with E-state index in [1.165, 1.54) is 6.08 Å². The van der Waals surface area contributed by atoms with Crippen molar-refractivity contribution in [2.75, 3.05) is 6.79 Å². The molecule has 2 aromatic rings. The van der Waals surface area contributed by atoms with Gasteiger partial charge in [-0.1, -0.05) is 12.1 Å². The number of hydrogen-bond acceptors (Lipinski definition) is 6. The average molecular weight is 523 g/mol. The maximum absolute atomic E-state index is 13.1. The van der Waals surface area contributed by atoms with E-state index in [0.29, 0.717) is 34.8 Å². The summed E-state index contributed by atoms with van der Waals surface area (Å²) in [5.74, 6) is 1.24. The second-order valence-corrected chi connectivity index (χ2v) is 12.1. The summed E-state index contributed by atoms with van der Waals surface area (Å²) >= 11 is 0. The summed E-state index contributed by atoms with van der Waals surface area (Å²) in [5, 5.41) is 0. The minimum absolute atomic E-state index is 0.187. The highest BCUT2D eigenvalue weighted by atomic mass is 16.7. The third-order valence-electron chi connectivity index (χ3n) is 4.99. The van der Waals surface area contributed by atoms with E-state index < -0.39 is 16.6 Å². The summed E-state index contributed by atoms with van der Waals surface area (Å²) in [6.07, 6.45) is 5.69. The molecule has 0 aromatic heterocycles. The van der Waals surface area contributed by atoms with E-state index >= 15 is 0 Å². The highest BCUT2D eigenvalue weighted by molar-refractivity contribution is 6.07. The van der Waals surface area contributed by atoms with Crippen LogP contribution in [0, 0.1) is 5.41 Å². The van der Waals surface area contributed by atoms with Crippen LogP contribution in [0.25, 0.3) is 6.08 Å². The van der Waals surface area contributed by atoms with Crippen molar-refractivity contribution in [1.29, 1.82) is 0 Å². The maximum atomic E-state index is 13.1. The first-order valence-corrected chi connectivity index (χ1v) is 12.8. The number of ether oxygens (including phenoxy) is 4. The van der Waals surface area contributed by atoms with Gasteiger partial charge < -0.3 is 18.9 Å². The lowest BCUT2D eigenvalue weighted by molar-refractivity contribution is -0.159. The molecule has 0 unspecified atom stereocenters. The number of esters is 1. The third kappa shape index (κ3) is 9.73. The standard InChI is InChI=1S/C32H42O6/c1-11-12-23-15-20-27(37-31(5,6)7)25(28(23)38-32(8,9)10)18-19-26(33)22-13-16-24(17-14-22)35-21-36-29(34)30(2,3)4/h11,13-20H,1,12,21H2,2-10H3/b19-18+. The minimum atomic E-state index is -0.604. The van der Waals surface area contributed by atoms with Gasteiger partial charge in [-0.3, -0.25) is 9.59 Å². The Morgan fingerprint density at radius 2 is 1.45 bits per heavy atom. The van der Waals surface area contributed by atoms with E-state index in [4.69, 9.17) is 18.9 Å². The van der Waals surface area contributed by atoms with Crippen molar-refractivity contribution in [1.82, 2.24) is 0 Å². The van der Waals surface area contributed by atoms with E-state index in [-0.39, 0.29) is 18.5 Å². The molecule has 0 amide bonds. The van der Waals surface area contributed by atoms with Gasteiger partial charge in [0.25, 0.3) is 0 Å². The van der Waals surface area contributed by atoms with Crippen LogP contribution in [0.2, 0.25) is 0 Å². The van der Waals surface area contributed by atoms with Crippen molar-refractivity contribution in [2.45, 2.75) is 79.9 Å². The van der Waals surface area contributed by atoms with Gasteiger partial charge in [0.15, 0.2) is 5.78 Å². The van der Waals surface area contributed by atoms with Crippen LogP contribution in [-0.2, 0) is 16.0 Å². The molecule has 0 aliphatic carbocycles. The minimum Gasteiger partial charge on any atom is -0.487 e. The number of ketones is 1. The molecule has 0 fully saturated rings. The van der Waals surface area contributed by atoms with Gasteiger partial charge >= 0.3 is 5.97 Å².